The topological polar surface area (TPSA) is 0 Å². The van der Waals surface area contributed by atoms with Gasteiger partial charge < -0.3 is 0 Å². The fourth-order valence-electron chi connectivity index (χ4n) is 2.20. The van der Waals surface area contributed by atoms with Crippen LogP contribution in [-0.4, -0.2) is 0 Å². The summed E-state index contributed by atoms with van der Waals surface area (Å²) in [6.45, 7) is 0. The zero-order chi connectivity index (χ0) is 13.9. The van der Waals surface area contributed by atoms with Crippen molar-refractivity contribution in [3.63, 3.8) is 0 Å². The quantitative estimate of drug-likeness (QED) is 0.604. The Hall–Kier alpha value is -2.48. The molecule has 0 atom stereocenters. The normalized spacial score (nSPS) is 10.5. The average molecular weight is 265 g/mol. The van der Waals surface area contributed by atoms with Crippen molar-refractivity contribution in [3.8, 4) is 22.3 Å². The van der Waals surface area contributed by atoms with Crippen molar-refractivity contribution >= 4 is 0 Å². The minimum Gasteiger partial charge on any atom is -0.207 e. The minimum absolute atomic E-state index is 0.338. The van der Waals surface area contributed by atoms with Gasteiger partial charge in [-0.15, -0.1) is 0 Å². The summed E-state index contributed by atoms with van der Waals surface area (Å²) >= 11 is 0. The van der Waals surface area contributed by atoms with E-state index in [9.17, 15) is 8.78 Å². The molecule has 0 heterocycles. The highest BCUT2D eigenvalue weighted by Crippen LogP contribution is 2.33. The van der Waals surface area contributed by atoms with Crippen LogP contribution in [0.25, 0.3) is 22.3 Å². The van der Waals surface area contributed by atoms with Crippen LogP contribution in [0.5, 0.6) is 0 Å². The second-order valence-corrected chi connectivity index (χ2v) is 4.45. The molecular weight excluding hydrogens is 254 g/mol. The van der Waals surface area contributed by atoms with Gasteiger partial charge in [0, 0.05) is 11.1 Å². The molecule has 0 saturated carbocycles. The van der Waals surface area contributed by atoms with E-state index < -0.39 is 0 Å². The maximum absolute atomic E-state index is 14.2. The van der Waals surface area contributed by atoms with Gasteiger partial charge >= 0.3 is 0 Å². The fraction of sp³-hybridized carbons (Fsp3) is 0. The Balaban J connectivity index is 2.22. The summed E-state index contributed by atoms with van der Waals surface area (Å²) in [6.07, 6.45) is 0. The highest BCUT2D eigenvalue weighted by atomic mass is 19.1. The van der Waals surface area contributed by atoms with Crippen molar-refractivity contribution in [1.82, 2.24) is 0 Å². The molecule has 0 saturated heterocycles. The zero-order valence-corrected chi connectivity index (χ0v) is 10.6. The average Bonchev–Trinajstić information content (AvgIpc) is 2.49. The van der Waals surface area contributed by atoms with Gasteiger partial charge in [-0.3, -0.25) is 0 Å². The van der Waals surface area contributed by atoms with Crippen LogP contribution in [0.1, 0.15) is 0 Å². The molecule has 0 nitrogen and oxygen atoms in total. The Labute approximate surface area is 116 Å². The Morgan fingerprint density at radius 1 is 0.700 bits per heavy atom. The van der Waals surface area contributed by atoms with Gasteiger partial charge in [-0.25, -0.2) is 8.78 Å². The van der Waals surface area contributed by atoms with Gasteiger partial charge in [0.2, 0.25) is 0 Å². The van der Waals surface area contributed by atoms with E-state index in [1.807, 2.05) is 30.3 Å². The third-order valence-electron chi connectivity index (χ3n) is 3.14. The van der Waals surface area contributed by atoms with Crippen LogP contribution < -0.4 is 0 Å². The van der Waals surface area contributed by atoms with Gasteiger partial charge in [0.05, 0.1) is 0 Å². The third-order valence-corrected chi connectivity index (χ3v) is 3.14. The maximum atomic E-state index is 14.2. The Kier molecular flexibility index (Phi) is 3.30. The predicted octanol–water partition coefficient (Wildman–Crippen LogP) is 5.10. The minimum atomic E-state index is -0.339. The van der Waals surface area contributed by atoms with Crippen LogP contribution in [0.3, 0.4) is 0 Å². The molecule has 0 unspecified atom stereocenters. The molecule has 0 N–H and O–H groups in total. The summed E-state index contributed by atoms with van der Waals surface area (Å²) in [5.41, 5.74) is 2.64. The molecule has 0 bridgehead atoms. The van der Waals surface area contributed by atoms with Crippen LogP contribution >= 0.6 is 0 Å². The van der Waals surface area contributed by atoms with Gasteiger partial charge in [0.25, 0.3) is 0 Å². The van der Waals surface area contributed by atoms with Crippen LogP contribution in [-0.2, 0) is 0 Å². The van der Waals surface area contributed by atoms with Crippen molar-refractivity contribution in [2.45, 2.75) is 0 Å². The van der Waals surface area contributed by atoms with Crippen LogP contribution in [0, 0.1) is 17.7 Å². The first-order chi connectivity index (χ1) is 9.75. The summed E-state index contributed by atoms with van der Waals surface area (Å²) < 4.78 is 27.2. The molecule has 0 aliphatic carbocycles. The van der Waals surface area contributed by atoms with Gasteiger partial charge in [0.15, 0.2) is 0 Å². The number of benzene rings is 3. The molecule has 3 aromatic carbocycles. The molecular formula is C18H11F2. The molecule has 0 aromatic heterocycles. The van der Waals surface area contributed by atoms with Crippen molar-refractivity contribution in [3.05, 3.63) is 84.4 Å². The molecule has 0 aliphatic heterocycles. The number of halogens is 2. The van der Waals surface area contributed by atoms with Crippen molar-refractivity contribution in [1.29, 1.82) is 0 Å². The highest BCUT2D eigenvalue weighted by molar-refractivity contribution is 5.83. The van der Waals surface area contributed by atoms with Crippen LogP contribution in [0.15, 0.2) is 66.7 Å². The van der Waals surface area contributed by atoms with Gasteiger partial charge in [0.1, 0.15) is 11.6 Å². The summed E-state index contributed by atoms with van der Waals surface area (Å²) in [7, 11) is 0. The first-order valence-electron chi connectivity index (χ1n) is 6.27. The molecule has 3 aromatic rings. The summed E-state index contributed by atoms with van der Waals surface area (Å²) in [5, 5.41) is 0. The van der Waals surface area contributed by atoms with Crippen molar-refractivity contribution in [2.24, 2.45) is 0 Å². The van der Waals surface area contributed by atoms with E-state index >= 15 is 0 Å². The predicted molar refractivity (Wildman–Crippen MR) is 76.1 cm³/mol. The molecule has 0 spiro atoms. The van der Waals surface area contributed by atoms with Gasteiger partial charge in [-0.1, -0.05) is 48.5 Å². The molecule has 3 rings (SSSR count). The third kappa shape index (κ3) is 2.32. The van der Waals surface area contributed by atoms with Crippen LogP contribution in [0.2, 0.25) is 0 Å². The Bertz CT molecular complexity index is 716. The van der Waals surface area contributed by atoms with E-state index in [0.717, 1.165) is 5.56 Å². The van der Waals surface area contributed by atoms with E-state index in [1.54, 1.807) is 18.2 Å². The van der Waals surface area contributed by atoms with Gasteiger partial charge in [-0.2, -0.15) is 0 Å². The smallest absolute Gasteiger partial charge is 0.131 e. The zero-order valence-electron chi connectivity index (χ0n) is 10.6. The first-order valence-corrected chi connectivity index (χ1v) is 6.27. The van der Waals surface area contributed by atoms with E-state index in [4.69, 9.17) is 0 Å². The lowest BCUT2D eigenvalue weighted by Crippen LogP contribution is -1.90. The van der Waals surface area contributed by atoms with Crippen molar-refractivity contribution < 1.29 is 8.78 Å². The SMILES string of the molecule is Fc1ccc(-c2c(-c3ccccc3)[c]ccc2F)cc1. The number of rotatable bonds is 2. The number of hydrogen-bond acceptors (Lipinski definition) is 0. The molecule has 2 heteroatoms. The molecule has 0 fully saturated rings. The fourth-order valence-corrected chi connectivity index (χ4v) is 2.20. The van der Waals surface area contributed by atoms with Crippen LogP contribution in [0.4, 0.5) is 8.78 Å². The Morgan fingerprint density at radius 2 is 1.40 bits per heavy atom. The summed E-state index contributed by atoms with van der Waals surface area (Å²) in [4.78, 5) is 0. The van der Waals surface area contributed by atoms with E-state index in [0.29, 0.717) is 16.7 Å². The van der Waals surface area contributed by atoms with Gasteiger partial charge in [-0.05, 0) is 35.4 Å². The highest BCUT2D eigenvalue weighted by Gasteiger charge is 2.12. The lowest BCUT2D eigenvalue weighted by Gasteiger charge is -2.11. The van der Waals surface area contributed by atoms with E-state index in [2.05, 4.69) is 6.07 Å². The van der Waals surface area contributed by atoms with E-state index in [1.165, 1.54) is 18.2 Å². The monoisotopic (exact) mass is 265 g/mol. The van der Waals surface area contributed by atoms with E-state index in [-0.39, 0.29) is 11.6 Å². The first kappa shape index (κ1) is 12.5. The molecule has 20 heavy (non-hydrogen) atoms. The lowest BCUT2D eigenvalue weighted by atomic mass is 9.94. The lowest BCUT2D eigenvalue weighted by molar-refractivity contribution is 0.626. The molecule has 0 aliphatic rings. The maximum Gasteiger partial charge on any atom is 0.131 e. The second kappa shape index (κ2) is 5.25. The largest absolute Gasteiger partial charge is 0.207 e. The Morgan fingerprint density at radius 3 is 2.10 bits per heavy atom. The second-order valence-electron chi connectivity index (χ2n) is 4.45. The molecule has 97 valence electrons. The summed E-state index contributed by atoms with van der Waals surface area (Å²) in [6, 6.07) is 21.3. The summed E-state index contributed by atoms with van der Waals surface area (Å²) in [5.74, 6) is -0.676. The standard InChI is InChI=1S/C18H11F2/c19-15-11-9-14(10-12-15)18-16(7-4-8-17(18)20)13-5-2-1-3-6-13/h1-6,8-12H. The number of hydrogen-bond donors (Lipinski definition) is 0. The molecule has 1 radical (unpaired) electrons. The molecule has 0 amide bonds. The van der Waals surface area contributed by atoms with Crippen molar-refractivity contribution in [2.75, 3.05) is 0 Å².